The predicted octanol–water partition coefficient (Wildman–Crippen LogP) is 5.78. The van der Waals surface area contributed by atoms with E-state index >= 15 is 0 Å². The van der Waals surface area contributed by atoms with E-state index in [0.717, 1.165) is 62.5 Å². The lowest BCUT2D eigenvalue weighted by molar-refractivity contribution is -0.137. The number of pyridine rings is 1. The van der Waals surface area contributed by atoms with Gasteiger partial charge < -0.3 is 20.3 Å². The average Bonchev–Trinajstić information content (AvgIpc) is 3.51. The second kappa shape index (κ2) is 12.1. The van der Waals surface area contributed by atoms with Gasteiger partial charge >= 0.3 is 6.18 Å². The number of carbonyl (C=O) groups excluding carboxylic acids is 1. The topological polar surface area (TPSA) is 95.5 Å². The number of carbonyl (C=O) groups is 1. The van der Waals surface area contributed by atoms with Crippen molar-refractivity contribution in [1.29, 1.82) is 0 Å². The molecule has 2 aromatic carbocycles. The van der Waals surface area contributed by atoms with Crippen LogP contribution in [-0.4, -0.2) is 65.2 Å². The molecule has 224 valence electrons. The summed E-state index contributed by atoms with van der Waals surface area (Å²) in [5, 5.41) is 5.97. The van der Waals surface area contributed by atoms with Gasteiger partial charge in [0.2, 0.25) is 0 Å². The molecule has 6 rings (SSSR count). The highest BCUT2D eigenvalue weighted by atomic mass is 19.4. The van der Waals surface area contributed by atoms with Crippen molar-refractivity contribution < 1.29 is 22.7 Å². The number of hydrogen-bond acceptors (Lipinski definition) is 8. The van der Waals surface area contributed by atoms with E-state index in [1.54, 1.807) is 24.3 Å². The fraction of sp³-hybridized carbons (Fsp3) is 0.355. The number of morpholine rings is 1. The second-order valence-corrected chi connectivity index (χ2v) is 10.9. The lowest BCUT2D eigenvalue weighted by Crippen LogP contribution is -2.36. The van der Waals surface area contributed by atoms with Crippen LogP contribution in [0.5, 0.6) is 0 Å². The van der Waals surface area contributed by atoms with E-state index in [4.69, 9.17) is 9.72 Å². The quantitative estimate of drug-likeness (QED) is 0.279. The van der Waals surface area contributed by atoms with E-state index in [2.05, 4.69) is 30.4 Å². The molecule has 1 amide bonds. The molecule has 0 spiro atoms. The third-order valence-electron chi connectivity index (χ3n) is 7.74. The number of rotatable bonds is 7. The summed E-state index contributed by atoms with van der Waals surface area (Å²) in [4.78, 5) is 31.1. The van der Waals surface area contributed by atoms with Crippen molar-refractivity contribution in [3.63, 3.8) is 0 Å². The van der Waals surface area contributed by atoms with Crippen LogP contribution in [0, 0.1) is 6.92 Å². The molecule has 4 heterocycles. The normalized spacial score (nSPS) is 16.0. The van der Waals surface area contributed by atoms with Crippen molar-refractivity contribution in [3.05, 3.63) is 77.1 Å². The van der Waals surface area contributed by atoms with Gasteiger partial charge in [-0.05, 0) is 86.4 Å². The number of benzene rings is 2. The lowest BCUT2D eigenvalue weighted by atomic mass is 10.1. The zero-order chi connectivity index (χ0) is 30.0. The van der Waals surface area contributed by atoms with Gasteiger partial charge in [0.15, 0.2) is 5.82 Å². The number of aromatic nitrogens is 3. The zero-order valence-corrected chi connectivity index (χ0v) is 23.7. The maximum absolute atomic E-state index is 13.7. The number of halogens is 3. The van der Waals surface area contributed by atoms with Crippen molar-refractivity contribution in [1.82, 2.24) is 19.9 Å². The highest BCUT2D eigenvalue weighted by Gasteiger charge is 2.31. The first-order valence-electron chi connectivity index (χ1n) is 14.3. The molecule has 2 aromatic heterocycles. The SMILES string of the molecule is Cc1ccc(C(=O)Nc2cc(CN3CCCC3)cc(C(F)(F)F)c2)cc1Nc1ncnc2ccc(N3CCOCC3)nc12. The summed E-state index contributed by atoms with van der Waals surface area (Å²) in [6.07, 6.45) is -1.03. The first kappa shape index (κ1) is 28.8. The molecule has 2 N–H and O–H groups in total. The third-order valence-corrected chi connectivity index (χ3v) is 7.74. The summed E-state index contributed by atoms with van der Waals surface area (Å²) in [7, 11) is 0. The number of anilines is 4. The molecule has 0 bridgehead atoms. The Kier molecular flexibility index (Phi) is 8.13. The first-order valence-corrected chi connectivity index (χ1v) is 14.3. The molecule has 0 atom stereocenters. The molecule has 12 heteroatoms. The predicted molar refractivity (Wildman–Crippen MR) is 159 cm³/mol. The summed E-state index contributed by atoms with van der Waals surface area (Å²) >= 11 is 0. The van der Waals surface area contributed by atoms with Gasteiger partial charge in [-0.3, -0.25) is 9.69 Å². The average molecular weight is 592 g/mol. The Morgan fingerprint density at radius 2 is 1.77 bits per heavy atom. The number of aryl methyl sites for hydroxylation is 1. The number of likely N-dealkylation sites (tertiary alicyclic amines) is 1. The van der Waals surface area contributed by atoms with E-state index in [9.17, 15) is 18.0 Å². The Hall–Kier alpha value is -4.29. The van der Waals surface area contributed by atoms with Gasteiger partial charge in [0.1, 0.15) is 17.7 Å². The summed E-state index contributed by atoms with van der Waals surface area (Å²) in [5.41, 5.74) is 2.82. The van der Waals surface area contributed by atoms with Gasteiger partial charge in [0.25, 0.3) is 5.91 Å². The molecule has 4 aromatic rings. The molecular formula is C31H32F3N7O2. The summed E-state index contributed by atoms with van der Waals surface area (Å²) < 4.78 is 46.6. The van der Waals surface area contributed by atoms with Crippen molar-refractivity contribution in [3.8, 4) is 0 Å². The Balaban J connectivity index is 1.25. The van der Waals surface area contributed by atoms with E-state index in [0.29, 0.717) is 47.9 Å². The monoisotopic (exact) mass is 591 g/mol. The zero-order valence-electron chi connectivity index (χ0n) is 23.7. The van der Waals surface area contributed by atoms with Crippen LogP contribution in [-0.2, 0) is 17.5 Å². The van der Waals surface area contributed by atoms with E-state index in [1.165, 1.54) is 6.33 Å². The molecule has 2 aliphatic rings. The van der Waals surface area contributed by atoms with Crippen LogP contribution in [0.25, 0.3) is 11.0 Å². The molecule has 0 radical (unpaired) electrons. The number of fused-ring (bicyclic) bond motifs is 1. The van der Waals surface area contributed by atoms with Crippen LogP contribution in [0.3, 0.4) is 0 Å². The fourth-order valence-electron chi connectivity index (χ4n) is 5.44. The van der Waals surface area contributed by atoms with E-state index in [-0.39, 0.29) is 11.3 Å². The second-order valence-electron chi connectivity index (χ2n) is 10.9. The van der Waals surface area contributed by atoms with Crippen molar-refractivity contribution in [2.24, 2.45) is 0 Å². The van der Waals surface area contributed by atoms with Gasteiger partial charge in [-0.25, -0.2) is 15.0 Å². The number of hydrogen-bond donors (Lipinski definition) is 2. The molecule has 9 nitrogen and oxygen atoms in total. The van der Waals surface area contributed by atoms with E-state index < -0.39 is 17.6 Å². The fourth-order valence-corrected chi connectivity index (χ4v) is 5.44. The minimum absolute atomic E-state index is 0.103. The number of nitrogens with zero attached hydrogens (tertiary/aromatic N) is 5. The third kappa shape index (κ3) is 6.70. The Labute approximate surface area is 247 Å². The molecule has 43 heavy (non-hydrogen) atoms. The van der Waals surface area contributed by atoms with Crippen LogP contribution in [0.4, 0.5) is 36.2 Å². The molecular weight excluding hydrogens is 559 g/mol. The number of amides is 1. The van der Waals surface area contributed by atoms with Gasteiger partial charge in [0.05, 0.1) is 24.3 Å². The first-order chi connectivity index (χ1) is 20.7. The largest absolute Gasteiger partial charge is 0.416 e. The minimum atomic E-state index is -4.53. The number of nitrogens with one attached hydrogen (secondary N) is 2. The Morgan fingerprint density at radius 3 is 2.53 bits per heavy atom. The van der Waals surface area contributed by atoms with Crippen molar-refractivity contribution in [2.75, 3.05) is 54.9 Å². The Bertz CT molecular complexity index is 1630. The van der Waals surface area contributed by atoms with Crippen LogP contribution < -0.4 is 15.5 Å². The number of alkyl halides is 3. The van der Waals surface area contributed by atoms with Crippen LogP contribution in [0.1, 0.15) is 39.9 Å². The number of ether oxygens (including phenoxy) is 1. The van der Waals surface area contributed by atoms with Gasteiger partial charge in [-0.2, -0.15) is 13.2 Å². The maximum Gasteiger partial charge on any atom is 0.416 e. The maximum atomic E-state index is 13.7. The molecule has 0 aliphatic carbocycles. The van der Waals surface area contributed by atoms with Gasteiger partial charge in [-0.1, -0.05) is 6.07 Å². The molecule has 0 unspecified atom stereocenters. The van der Waals surface area contributed by atoms with E-state index in [1.807, 2.05) is 19.1 Å². The van der Waals surface area contributed by atoms with Crippen LogP contribution >= 0.6 is 0 Å². The summed E-state index contributed by atoms with van der Waals surface area (Å²) in [6, 6.07) is 12.6. The lowest BCUT2D eigenvalue weighted by Gasteiger charge is -2.28. The standard InChI is InChI=1S/C31H32F3N7O2/c1-20-4-5-22(30(42)37-24-15-21(18-40-8-2-3-9-40)14-23(17-24)31(32,33)34)16-26(20)38-29-28-25(35-19-36-29)6-7-27(39-28)41-10-12-43-13-11-41/h4-7,14-17,19H,2-3,8-13,18H2,1H3,(H,37,42)(H,35,36,38). The molecule has 2 saturated heterocycles. The van der Waals surface area contributed by atoms with Crippen molar-refractivity contribution >= 4 is 40.0 Å². The van der Waals surface area contributed by atoms with Gasteiger partial charge in [-0.15, -0.1) is 0 Å². The highest BCUT2D eigenvalue weighted by Crippen LogP contribution is 2.33. The van der Waals surface area contributed by atoms with Crippen LogP contribution in [0.15, 0.2) is 54.9 Å². The van der Waals surface area contributed by atoms with Crippen LogP contribution in [0.2, 0.25) is 0 Å². The molecule has 0 saturated carbocycles. The van der Waals surface area contributed by atoms with Crippen molar-refractivity contribution in [2.45, 2.75) is 32.5 Å². The Morgan fingerprint density at radius 1 is 0.977 bits per heavy atom. The smallest absolute Gasteiger partial charge is 0.378 e. The minimum Gasteiger partial charge on any atom is -0.378 e. The highest BCUT2D eigenvalue weighted by molar-refractivity contribution is 6.05. The molecule has 2 aliphatic heterocycles. The van der Waals surface area contributed by atoms with Gasteiger partial charge in [0, 0.05) is 36.6 Å². The summed E-state index contributed by atoms with van der Waals surface area (Å²) in [6.45, 7) is 6.71. The molecule has 2 fully saturated rings. The summed E-state index contributed by atoms with van der Waals surface area (Å²) in [5.74, 6) is 0.753.